The number of para-hydroxylation sites is 1. The SMILES string of the molecule is CCOc1cccc(CNC2CCCCC2)c1OCc1ccc(Cl)cc1. The van der Waals surface area contributed by atoms with Crippen LogP contribution in [0, 0.1) is 0 Å². The minimum Gasteiger partial charge on any atom is -0.490 e. The Kier molecular flexibility index (Phi) is 7.22. The summed E-state index contributed by atoms with van der Waals surface area (Å²) < 4.78 is 12.0. The smallest absolute Gasteiger partial charge is 0.166 e. The quantitative estimate of drug-likeness (QED) is 0.640. The summed E-state index contributed by atoms with van der Waals surface area (Å²) in [5.74, 6) is 1.65. The zero-order valence-corrected chi connectivity index (χ0v) is 16.2. The van der Waals surface area contributed by atoms with E-state index in [1.165, 1.54) is 32.1 Å². The molecule has 3 nitrogen and oxygen atoms in total. The highest BCUT2D eigenvalue weighted by Crippen LogP contribution is 2.32. The van der Waals surface area contributed by atoms with Gasteiger partial charge in [0.25, 0.3) is 0 Å². The van der Waals surface area contributed by atoms with Crippen LogP contribution in [0.15, 0.2) is 42.5 Å². The minimum absolute atomic E-state index is 0.498. The van der Waals surface area contributed by atoms with Crippen LogP contribution in [0.1, 0.15) is 50.2 Å². The van der Waals surface area contributed by atoms with Gasteiger partial charge < -0.3 is 14.8 Å². The van der Waals surface area contributed by atoms with Gasteiger partial charge >= 0.3 is 0 Å². The van der Waals surface area contributed by atoms with Gasteiger partial charge in [-0.1, -0.05) is 55.1 Å². The average molecular weight is 374 g/mol. The summed E-state index contributed by atoms with van der Waals surface area (Å²) in [5.41, 5.74) is 2.24. The molecular weight excluding hydrogens is 346 g/mol. The summed E-state index contributed by atoms with van der Waals surface area (Å²) in [4.78, 5) is 0. The number of hydrogen-bond donors (Lipinski definition) is 1. The molecule has 140 valence electrons. The Balaban J connectivity index is 1.70. The van der Waals surface area contributed by atoms with Gasteiger partial charge in [-0.3, -0.25) is 0 Å². The average Bonchev–Trinajstić information content (AvgIpc) is 2.68. The van der Waals surface area contributed by atoms with E-state index in [0.717, 1.165) is 34.2 Å². The van der Waals surface area contributed by atoms with Gasteiger partial charge in [-0.25, -0.2) is 0 Å². The van der Waals surface area contributed by atoms with Crippen LogP contribution >= 0.6 is 11.6 Å². The molecule has 1 N–H and O–H groups in total. The maximum absolute atomic E-state index is 6.18. The maximum Gasteiger partial charge on any atom is 0.166 e. The van der Waals surface area contributed by atoms with E-state index in [-0.39, 0.29) is 0 Å². The Bertz CT molecular complexity index is 681. The third-order valence-electron chi connectivity index (χ3n) is 4.84. The van der Waals surface area contributed by atoms with Crippen molar-refractivity contribution in [2.75, 3.05) is 6.61 Å². The van der Waals surface area contributed by atoms with E-state index < -0.39 is 0 Å². The molecule has 3 rings (SSSR count). The fourth-order valence-electron chi connectivity index (χ4n) is 3.43. The van der Waals surface area contributed by atoms with Gasteiger partial charge in [0.2, 0.25) is 0 Å². The van der Waals surface area contributed by atoms with Crippen LogP contribution in [-0.2, 0) is 13.2 Å². The van der Waals surface area contributed by atoms with Crippen molar-refractivity contribution in [3.63, 3.8) is 0 Å². The third kappa shape index (κ3) is 5.39. The summed E-state index contributed by atoms with van der Waals surface area (Å²) >= 11 is 5.97. The van der Waals surface area contributed by atoms with Gasteiger partial charge in [0.15, 0.2) is 11.5 Å². The maximum atomic E-state index is 6.18. The fourth-order valence-corrected chi connectivity index (χ4v) is 3.56. The van der Waals surface area contributed by atoms with Crippen molar-refractivity contribution in [3.8, 4) is 11.5 Å². The van der Waals surface area contributed by atoms with Crippen LogP contribution < -0.4 is 14.8 Å². The van der Waals surface area contributed by atoms with E-state index >= 15 is 0 Å². The number of ether oxygens (including phenoxy) is 2. The number of hydrogen-bond acceptors (Lipinski definition) is 3. The largest absolute Gasteiger partial charge is 0.490 e. The lowest BCUT2D eigenvalue weighted by molar-refractivity contribution is 0.265. The highest BCUT2D eigenvalue weighted by atomic mass is 35.5. The molecular formula is C22H28ClNO2. The molecule has 0 atom stereocenters. The molecule has 1 fully saturated rings. The number of benzene rings is 2. The lowest BCUT2D eigenvalue weighted by Gasteiger charge is -2.24. The van der Waals surface area contributed by atoms with E-state index in [1.807, 2.05) is 43.3 Å². The van der Waals surface area contributed by atoms with Gasteiger partial charge in [-0.2, -0.15) is 0 Å². The molecule has 26 heavy (non-hydrogen) atoms. The van der Waals surface area contributed by atoms with Crippen molar-refractivity contribution < 1.29 is 9.47 Å². The van der Waals surface area contributed by atoms with Gasteiger partial charge in [0, 0.05) is 23.2 Å². The summed E-state index contributed by atoms with van der Waals surface area (Å²) in [6, 6.07) is 14.5. The Hall–Kier alpha value is -1.71. The van der Waals surface area contributed by atoms with Crippen molar-refractivity contribution in [2.24, 2.45) is 0 Å². The Morgan fingerprint density at radius 2 is 1.77 bits per heavy atom. The highest BCUT2D eigenvalue weighted by molar-refractivity contribution is 6.30. The van der Waals surface area contributed by atoms with Crippen LogP contribution in [0.25, 0.3) is 0 Å². The first-order chi connectivity index (χ1) is 12.8. The Labute approximate surface area is 161 Å². The molecule has 1 saturated carbocycles. The van der Waals surface area contributed by atoms with Crippen molar-refractivity contribution in [1.82, 2.24) is 5.32 Å². The van der Waals surface area contributed by atoms with Gasteiger partial charge in [0.1, 0.15) is 6.61 Å². The highest BCUT2D eigenvalue weighted by Gasteiger charge is 2.16. The monoisotopic (exact) mass is 373 g/mol. The molecule has 0 heterocycles. The molecule has 0 unspecified atom stereocenters. The van der Waals surface area contributed by atoms with Gasteiger partial charge in [-0.15, -0.1) is 0 Å². The predicted molar refractivity (Wildman–Crippen MR) is 107 cm³/mol. The molecule has 0 spiro atoms. The molecule has 0 aliphatic heterocycles. The van der Waals surface area contributed by atoms with E-state index in [4.69, 9.17) is 21.1 Å². The van der Waals surface area contributed by atoms with Crippen molar-refractivity contribution in [2.45, 2.75) is 58.2 Å². The van der Waals surface area contributed by atoms with Gasteiger partial charge in [0.05, 0.1) is 6.61 Å². The Morgan fingerprint density at radius 3 is 2.50 bits per heavy atom. The van der Waals surface area contributed by atoms with E-state index in [0.29, 0.717) is 19.3 Å². The second kappa shape index (κ2) is 9.84. The minimum atomic E-state index is 0.498. The second-order valence-corrected chi connectivity index (χ2v) is 7.24. The van der Waals surface area contributed by atoms with Crippen LogP contribution in [0.5, 0.6) is 11.5 Å². The molecule has 4 heteroatoms. The summed E-state index contributed by atoms with van der Waals surface area (Å²) in [5, 5.41) is 4.44. The lowest BCUT2D eigenvalue weighted by Crippen LogP contribution is -2.30. The second-order valence-electron chi connectivity index (χ2n) is 6.81. The fraction of sp³-hybridized carbons (Fsp3) is 0.455. The summed E-state index contributed by atoms with van der Waals surface area (Å²) in [6.45, 7) is 3.92. The molecule has 0 aromatic heterocycles. The molecule has 0 amide bonds. The van der Waals surface area contributed by atoms with E-state index in [1.54, 1.807) is 0 Å². The van der Waals surface area contributed by atoms with E-state index in [2.05, 4.69) is 11.4 Å². The molecule has 2 aromatic carbocycles. The van der Waals surface area contributed by atoms with Crippen molar-refractivity contribution in [1.29, 1.82) is 0 Å². The molecule has 2 aromatic rings. The lowest BCUT2D eigenvalue weighted by atomic mass is 9.95. The summed E-state index contributed by atoms with van der Waals surface area (Å²) in [6.07, 6.45) is 6.57. The third-order valence-corrected chi connectivity index (χ3v) is 5.10. The first kappa shape index (κ1) is 19.1. The van der Waals surface area contributed by atoms with Gasteiger partial charge in [-0.05, 0) is 43.5 Å². The zero-order chi connectivity index (χ0) is 18.2. The van der Waals surface area contributed by atoms with E-state index in [9.17, 15) is 0 Å². The van der Waals surface area contributed by atoms with Crippen LogP contribution in [0.4, 0.5) is 0 Å². The molecule has 0 saturated heterocycles. The normalized spacial score (nSPS) is 15.0. The molecule has 1 aliphatic rings. The predicted octanol–water partition coefficient (Wildman–Crippen LogP) is 5.74. The van der Waals surface area contributed by atoms with Crippen molar-refractivity contribution >= 4 is 11.6 Å². The molecule has 1 aliphatic carbocycles. The molecule has 0 bridgehead atoms. The van der Waals surface area contributed by atoms with Crippen LogP contribution in [0.2, 0.25) is 5.02 Å². The van der Waals surface area contributed by atoms with Crippen LogP contribution in [0.3, 0.4) is 0 Å². The first-order valence-electron chi connectivity index (χ1n) is 9.61. The number of rotatable bonds is 8. The Morgan fingerprint density at radius 1 is 1.00 bits per heavy atom. The first-order valence-corrected chi connectivity index (χ1v) is 9.99. The molecule has 0 radical (unpaired) electrons. The standard InChI is InChI=1S/C22H28ClNO2/c1-2-25-21-10-6-7-18(15-24-20-8-4-3-5-9-20)22(21)26-16-17-11-13-19(23)14-12-17/h6-7,10-14,20,24H,2-5,8-9,15-16H2,1H3. The van der Waals surface area contributed by atoms with Crippen molar-refractivity contribution in [3.05, 3.63) is 58.6 Å². The number of halogens is 1. The topological polar surface area (TPSA) is 30.5 Å². The number of nitrogens with one attached hydrogen (secondary N) is 1. The zero-order valence-electron chi connectivity index (χ0n) is 15.5. The van der Waals surface area contributed by atoms with Crippen LogP contribution in [-0.4, -0.2) is 12.6 Å². The summed E-state index contributed by atoms with van der Waals surface area (Å²) in [7, 11) is 0.